The van der Waals surface area contributed by atoms with Gasteiger partial charge in [0.25, 0.3) is 0 Å². The number of carbonyl (C=O) groups excluding carboxylic acids is 3. The number of nitrogens with one attached hydrogen (secondary N) is 2. The number of halogens is 1. The number of nitrogens with zero attached hydrogens (tertiary/aromatic N) is 4. The van der Waals surface area contributed by atoms with Gasteiger partial charge in [0.1, 0.15) is 12.1 Å². The molecule has 1 unspecified atom stereocenters. The van der Waals surface area contributed by atoms with Gasteiger partial charge in [0.2, 0.25) is 11.7 Å². The molecule has 51 heavy (non-hydrogen) atoms. The van der Waals surface area contributed by atoms with Crippen molar-refractivity contribution in [2.24, 2.45) is 22.8 Å². The summed E-state index contributed by atoms with van der Waals surface area (Å²) in [6.45, 7) is 0. The summed E-state index contributed by atoms with van der Waals surface area (Å²) in [5.74, 6) is 3.79. The van der Waals surface area contributed by atoms with Gasteiger partial charge >= 0.3 is 11.9 Å². The maximum atomic E-state index is 13.8. The lowest BCUT2D eigenvalue weighted by Crippen LogP contribution is -2.47. The minimum absolute atomic E-state index is 0.116. The fourth-order valence-electron chi connectivity index (χ4n) is 6.90. The molecule has 2 aliphatic carbocycles. The molecule has 260 valence electrons. The molecule has 3 heterocycles. The number of rotatable bonds is 9. The lowest BCUT2D eigenvalue weighted by atomic mass is 9.97. The second-order valence-electron chi connectivity index (χ2n) is 12.3. The molecule has 7 atom stereocenters. The van der Waals surface area contributed by atoms with Crippen molar-refractivity contribution in [1.82, 2.24) is 24.8 Å². The van der Waals surface area contributed by atoms with Gasteiger partial charge in [0.05, 0.1) is 22.7 Å². The highest BCUT2D eigenvalue weighted by Gasteiger charge is 2.78. The molecular formula is C36H33FN8O5S. The maximum Gasteiger partial charge on any atom is 0.328 e. The average Bonchev–Trinajstić information content (AvgIpc) is 3.37. The first kappa shape index (κ1) is 33.8. The number of ether oxygens (including phenoxy) is 2. The third-order valence-electron chi connectivity index (χ3n) is 9.43. The third-order valence-corrected chi connectivity index (χ3v) is 10.2. The highest BCUT2D eigenvalue weighted by molar-refractivity contribution is 7.10. The van der Waals surface area contributed by atoms with Crippen LogP contribution in [0.5, 0.6) is 0 Å². The Balaban J connectivity index is 1.32. The van der Waals surface area contributed by atoms with Gasteiger partial charge in [-0.15, -0.1) is 0 Å². The van der Waals surface area contributed by atoms with Gasteiger partial charge in [-0.2, -0.15) is 4.39 Å². The second-order valence-corrected chi connectivity index (χ2v) is 13.3. The van der Waals surface area contributed by atoms with E-state index in [2.05, 4.69) is 32.4 Å². The van der Waals surface area contributed by atoms with Gasteiger partial charge in [-0.1, -0.05) is 72.0 Å². The van der Waals surface area contributed by atoms with Crippen LogP contribution in [0.4, 0.5) is 10.2 Å². The number of hydrogen-bond donors (Lipinski definition) is 4. The number of aromatic nitrogens is 4. The zero-order valence-electron chi connectivity index (χ0n) is 27.4. The molecule has 0 radical (unpaired) electrons. The van der Waals surface area contributed by atoms with Crippen LogP contribution in [0.3, 0.4) is 0 Å². The van der Waals surface area contributed by atoms with E-state index in [9.17, 15) is 18.8 Å². The summed E-state index contributed by atoms with van der Waals surface area (Å²) in [7, 11) is 3.16. The monoisotopic (exact) mass is 708 g/mol. The minimum atomic E-state index is -1.27. The summed E-state index contributed by atoms with van der Waals surface area (Å²) in [5.41, 5.74) is 13.2. The van der Waals surface area contributed by atoms with E-state index in [1.54, 1.807) is 78.3 Å². The quantitative estimate of drug-likeness (QED) is 0.130. The van der Waals surface area contributed by atoms with Gasteiger partial charge < -0.3 is 36.1 Å². The number of benzene rings is 2. The average molecular weight is 709 g/mol. The van der Waals surface area contributed by atoms with Crippen LogP contribution in [0, 0.1) is 28.3 Å². The van der Waals surface area contributed by atoms with Crippen molar-refractivity contribution >= 4 is 46.2 Å². The molecule has 0 spiro atoms. The van der Waals surface area contributed by atoms with Crippen molar-refractivity contribution in [3.05, 3.63) is 106 Å². The van der Waals surface area contributed by atoms with E-state index in [1.165, 1.54) is 19.4 Å². The van der Waals surface area contributed by atoms with Crippen molar-refractivity contribution in [2.75, 3.05) is 19.4 Å². The Labute approximate surface area is 295 Å². The van der Waals surface area contributed by atoms with E-state index in [0.29, 0.717) is 39.4 Å². The molecule has 7 rings (SSSR count). The minimum Gasteiger partial charge on any atom is -0.456 e. The van der Waals surface area contributed by atoms with Gasteiger partial charge in [-0.25, -0.2) is 24.5 Å². The van der Waals surface area contributed by atoms with Crippen molar-refractivity contribution < 1.29 is 28.2 Å². The number of amides is 1. The number of fused-ring (bicyclic) bond motifs is 2. The Bertz CT molecular complexity index is 2180. The van der Waals surface area contributed by atoms with Gasteiger partial charge in [-0.05, 0) is 41.5 Å². The molecule has 0 bridgehead atoms. The maximum absolute atomic E-state index is 13.8. The normalized spacial score (nSPS) is 22.9. The molecule has 1 amide bonds. The van der Waals surface area contributed by atoms with E-state index in [-0.39, 0.29) is 16.9 Å². The molecule has 3 aromatic heterocycles. The Morgan fingerprint density at radius 2 is 1.59 bits per heavy atom. The van der Waals surface area contributed by atoms with Crippen LogP contribution in [0.25, 0.3) is 11.2 Å². The molecule has 15 heteroatoms. The number of thiophene rings is 1. The molecular weight excluding hydrogens is 676 g/mol. The SMILES string of the molecule is CNC(=O)[C@@]12C[C@@H]1C(n1cnc3c(NC)nc(C#Cc4ccc(F)s4)nc31)[C@H](OC(=O)[C@@H](N)c1ccccc1)[C@@H]2OC(=O)[C@@H](N)c1ccccc1. The van der Waals surface area contributed by atoms with Gasteiger partial charge in [-0.3, -0.25) is 4.79 Å². The van der Waals surface area contributed by atoms with Crippen LogP contribution in [0.15, 0.2) is 79.1 Å². The van der Waals surface area contributed by atoms with Crippen molar-refractivity contribution in [3.8, 4) is 11.8 Å². The Morgan fingerprint density at radius 3 is 2.18 bits per heavy atom. The smallest absolute Gasteiger partial charge is 0.328 e. The summed E-state index contributed by atoms with van der Waals surface area (Å²) in [6.07, 6.45) is -0.655. The Morgan fingerprint density at radius 1 is 0.941 bits per heavy atom. The molecule has 0 aliphatic heterocycles. The molecule has 2 aromatic carbocycles. The number of anilines is 1. The third kappa shape index (κ3) is 6.07. The number of nitrogens with two attached hydrogens (primary N) is 2. The molecule has 6 N–H and O–H groups in total. The number of carbonyl (C=O) groups is 3. The molecule has 2 saturated carbocycles. The number of imidazole rings is 1. The summed E-state index contributed by atoms with van der Waals surface area (Å²) in [4.78, 5) is 55.5. The summed E-state index contributed by atoms with van der Waals surface area (Å²) < 4.78 is 27.6. The molecule has 13 nitrogen and oxygen atoms in total. The van der Waals surface area contributed by atoms with Crippen LogP contribution in [0.2, 0.25) is 0 Å². The zero-order chi connectivity index (χ0) is 35.9. The van der Waals surface area contributed by atoms with Crippen molar-refractivity contribution in [2.45, 2.75) is 36.8 Å². The summed E-state index contributed by atoms with van der Waals surface area (Å²) in [6, 6.07) is 17.1. The summed E-state index contributed by atoms with van der Waals surface area (Å²) >= 11 is 0.892. The number of esters is 2. The topological polar surface area (TPSA) is 189 Å². The van der Waals surface area contributed by atoms with E-state index < -0.39 is 53.6 Å². The van der Waals surface area contributed by atoms with E-state index in [4.69, 9.17) is 25.9 Å². The first-order valence-electron chi connectivity index (χ1n) is 16.1. The lowest BCUT2D eigenvalue weighted by molar-refractivity contribution is -0.176. The van der Waals surface area contributed by atoms with Crippen LogP contribution in [-0.4, -0.2) is 63.7 Å². The fourth-order valence-corrected chi connectivity index (χ4v) is 7.48. The first-order chi connectivity index (χ1) is 24.7. The predicted octanol–water partition coefficient (Wildman–Crippen LogP) is 3.00. The van der Waals surface area contributed by atoms with Crippen LogP contribution >= 0.6 is 11.3 Å². The molecule has 0 saturated heterocycles. The Hall–Kier alpha value is -5.69. The second kappa shape index (κ2) is 13.6. The highest BCUT2D eigenvalue weighted by Crippen LogP contribution is 2.69. The predicted molar refractivity (Wildman–Crippen MR) is 185 cm³/mol. The first-order valence-corrected chi connectivity index (χ1v) is 16.9. The van der Waals surface area contributed by atoms with E-state index in [0.717, 1.165) is 11.3 Å². The lowest BCUT2D eigenvalue weighted by Gasteiger charge is -2.32. The zero-order valence-corrected chi connectivity index (χ0v) is 28.3. The molecule has 5 aromatic rings. The van der Waals surface area contributed by atoms with Crippen LogP contribution in [0.1, 0.15) is 46.4 Å². The van der Waals surface area contributed by atoms with Crippen LogP contribution in [-0.2, 0) is 23.9 Å². The van der Waals surface area contributed by atoms with E-state index in [1.807, 2.05) is 0 Å². The fraction of sp³-hybridized carbons (Fsp3) is 0.278. The standard InChI is InChI=1S/C36H33FN8O5S/c1-40-31-27-32(44-24(43-31)16-14-21-13-15-23(37)51-21)45(18-42-27)28-22-17-36(22,35(48)41-2)30(50-34(47)26(39)20-11-7-4-8-12-20)29(28)49-33(46)25(38)19-9-5-3-6-10-19/h3-13,15,18,22,25-26,28-30H,17,38-39H2,1-2H3,(H,41,48)(H,40,43,44)/t22-,25+,26+,28?,29+,30+,36+/m1/s1. The largest absolute Gasteiger partial charge is 0.456 e. The van der Waals surface area contributed by atoms with Crippen molar-refractivity contribution in [1.29, 1.82) is 0 Å². The Kier molecular flexibility index (Phi) is 8.98. The van der Waals surface area contributed by atoms with E-state index >= 15 is 0 Å². The highest BCUT2D eigenvalue weighted by atomic mass is 32.1. The molecule has 2 fully saturated rings. The van der Waals surface area contributed by atoms with Gasteiger partial charge in [0.15, 0.2) is 34.3 Å². The molecule has 2 aliphatic rings. The van der Waals surface area contributed by atoms with Gasteiger partial charge in [0, 0.05) is 20.0 Å². The van der Waals surface area contributed by atoms with Crippen LogP contribution < -0.4 is 22.1 Å². The summed E-state index contributed by atoms with van der Waals surface area (Å²) in [5, 5.41) is 5.35. The van der Waals surface area contributed by atoms with Crippen molar-refractivity contribution in [3.63, 3.8) is 0 Å². The number of hydrogen-bond acceptors (Lipinski definition) is 12.